The molecule has 0 aromatic heterocycles. The van der Waals surface area contributed by atoms with Crippen molar-refractivity contribution in [2.75, 3.05) is 19.6 Å². The Morgan fingerprint density at radius 3 is 2.62 bits per heavy atom. The third-order valence-corrected chi connectivity index (χ3v) is 4.05. The van der Waals surface area contributed by atoms with Gasteiger partial charge in [0.05, 0.1) is 5.60 Å². The molecule has 1 amide bonds. The Hall–Kier alpha value is -0.610. The fourth-order valence-electron chi connectivity index (χ4n) is 2.72. The zero-order chi connectivity index (χ0) is 11.6. The minimum absolute atomic E-state index is 0.116. The van der Waals surface area contributed by atoms with Gasteiger partial charge >= 0.3 is 0 Å². The number of carbonyl (C=O) groups excluding carboxylic acids is 1. The Kier molecular flexibility index (Phi) is 3.22. The molecule has 1 atom stereocenters. The van der Waals surface area contributed by atoms with Gasteiger partial charge in [0, 0.05) is 18.5 Å². The highest BCUT2D eigenvalue weighted by Gasteiger charge is 2.38. The summed E-state index contributed by atoms with van der Waals surface area (Å²) in [6, 6.07) is 0. The summed E-state index contributed by atoms with van der Waals surface area (Å²) >= 11 is 0. The highest BCUT2D eigenvalue weighted by molar-refractivity contribution is 5.82. The van der Waals surface area contributed by atoms with E-state index < -0.39 is 5.60 Å². The van der Waals surface area contributed by atoms with Gasteiger partial charge in [-0.1, -0.05) is 19.8 Å². The first-order valence-corrected chi connectivity index (χ1v) is 6.26. The van der Waals surface area contributed by atoms with Crippen molar-refractivity contribution in [1.29, 1.82) is 0 Å². The number of amides is 1. The van der Waals surface area contributed by atoms with Crippen LogP contribution in [0.1, 0.15) is 39.0 Å². The van der Waals surface area contributed by atoms with E-state index in [2.05, 4.69) is 10.6 Å². The van der Waals surface area contributed by atoms with Crippen LogP contribution in [0.5, 0.6) is 0 Å². The number of aliphatic hydroxyl groups is 1. The van der Waals surface area contributed by atoms with Gasteiger partial charge in [0.15, 0.2) is 0 Å². The highest BCUT2D eigenvalue weighted by Crippen LogP contribution is 2.37. The van der Waals surface area contributed by atoms with Crippen LogP contribution in [-0.4, -0.2) is 36.2 Å². The lowest BCUT2D eigenvalue weighted by Crippen LogP contribution is -2.48. The molecule has 1 unspecified atom stereocenters. The van der Waals surface area contributed by atoms with Crippen LogP contribution >= 0.6 is 0 Å². The summed E-state index contributed by atoms with van der Waals surface area (Å²) in [5.41, 5.74) is -0.924. The van der Waals surface area contributed by atoms with E-state index in [0.717, 1.165) is 38.6 Å². The van der Waals surface area contributed by atoms with Crippen LogP contribution in [0.2, 0.25) is 0 Å². The fourth-order valence-corrected chi connectivity index (χ4v) is 2.72. The van der Waals surface area contributed by atoms with Crippen LogP contribution in [0.3, 0.4) is 0 Å². The molecule has 4 heteroatoms. The second-order valence-electron chi connectivity index (χ2n) is 5.60. The molecule has 2 rings (SSSR count). The summed E-state index contributed by atoms with van der Waals surface area (Å²) < 4.78 is 0. The molecule has 1 saturated heterocycles. The molecule has 0 aromatic rings. The van der Waals surface area contributed by atoms with Crippen LogP contribution in [0.15, 0.2) is 0 Å². The highest BCUT2D eigenvalue weighted by atomic mass is 16.3. The number of hydrogen-bond donors (Lipinski definition) is 3. The molecular weight excluding hydrogens is 204 g/mol. The molecule has 0 radical (unpaired) electrons. The molecule has 0 bridgehead atoms. The maximum Gasteiger partial charge on any atom is 0.226 e. The van der Waals surface area contributed by atoms with Crippen LogP contribution < -0.4 is 10.6 Å². The molecule has 92 valence electrons. The lowest BCUT2D eigenvalue weighted by molar-refractivity contribution is -0.131. The lowest BCUT2D eigenvalue weighted by Gasteiger charge is -2.27. The Morgan fingerprint density at radius 2 is 2.06 bits per heavy atom. The quantitative estimate of drug-likeness (QED) is 0.653. The van der Waals surface area contributed by atoms with Crippen molar-refractivity contribution in [2.45, 2.75) is 44.6 Å². The minimum atomic E-state index is -0.732. The van der Waals surface area contributed by atoms with Gasteiger partial charge in [-0.05, 0) is 25.8 Å². The van der Waals surface area contributed by atoms with Crippen molar-refractivity contribution >= 4 is 5.91 Å². The topological polar surface area (TPSA) is 61.4 Å². The maximum absolute atomic E-state index is 12.0. The molecule has 0 spiro atoms. The Labute approximate surface area is 96.8 Å². The van der Waals surface area contributed by atoms with E-state index in [1.54, 1.807) is 0 Å². The van der Waals surface area contributed by atoms with Gasteiger partial charge in [0.25, 0.3) is 0 Å². The number of rotatable bonds is 3. The fraction of sp³-hybridized carbons (Fsp3) is 0.917. The molecule has 0 aromatic carbocycles. The van der Waals surface area contributed by atoms with Crippen molar-refractivity contribution < 1.29 is 9.90 Å². The number of hydrogen-bond acceptors (Lipinski definition) is 3. The zero-order valence-corrected chi connectivity index (χ0v) is 10.0. The van der Waals surface area contributed by atoms with E-state index in [1.807, 2.05) is 6.92 Å². The monoisotopic (exact) mass is 226 g/mol. The molecule has 3 N–H and O–H groups in total. The SMILES string of the molecule is CC1(C(=O)NCC2(O)CCNC2)CCCC1. The van der Waals surface area contributed by atoms with Gasteiger partial charge in [-0.2, -0.15) is 0 Å². The van der Waals surface area contributed by atoms with Gasteiger partial charge in [0.2, 0.25) is 5.91 Å². The summed E-state index contributed by atoms with van der Waals surface area (Å²) in [6.07, 6.45) is 4.99. The third-order valence-electron chi connectivity index (χ3n) is 4.05. The first kappa shape index (κ1) is 11.9. The van der Waals surface area contributed by atoms with Crippen LogP contribution in [0, 0.1) is 5.41 Å². The number of nitrogens with one attached hydrogen (secondary N) is 2. The first-order valence-electron chi connectivity index (χ1n) is 6.26. The zero-order valence-electron chi connectivity index (χ0n) is 10.0. The average molecular weight is 226 g/mol. The number of carbonyl (C=O) groups is 1. The predicted octanol–water partition coefficient (Wildman–Crippen LogP) is 0.407. The van der Waals surface area contributed by atoms with Crippen molar-refractivity contribution in [3.8, 4) is 0 Å². The third kappa shape index (κ3) is 2.38. The standard InChI is InChI=1S/C12H22N2O2/c1-11(4-2-3-5-11)10(15)14-9-12(16)6-7-13-8-12/h13,16H,2-9H2,1H3,(H,14,15). The second kappa shape index (κ2) is 4.34. The van der Waals surface area contributed by atoms with Crippen LogP contribution in [-0.2, 0) is 4.79 Å². The van der Waals surface area contributed by atoms with E-state index in [-0.39, 0.29) is 11.3 Å². The molecule has 1 aliphatic heterocycles. The predicted molar refractivity (Wildman–Crippen MR) is 62.0 cm³/mol. The van der Waals surface area contributed by atoms with E-state index in [4.69, 9.17) is 0 Å². The second-order valence-corrected chi connectivity index (χ2v) is 5.60. The van der Waals surface area contributed by atoms with Gasteiger partial charge < -0.3 is 15.7 Å². The molecule has 1 heterocycles. The summed E-state index contributed by atoms with van der Waals surface area (Å²) in [7, 11) is 0. The van der Waals surface area contributed by atoms with E-state index in [0.29, 0.717) is 13.1 Å². The Morgan fingerprint density at radius 1 is 1.38 bits per heavy atom. The molecule has 4 nitrogen and oxygen atoms in total. The van der Waals surface area contributed by atoms with Crippen molar-refractivity contribution in [2.24, 2.45) is 5.41 Å². The van der Waals surface area contributed by atoms with Crippen molar-refractivity contribution in [3.05, 3.63) is 0 Å². The van der Waals surface area contributed by atoms with E-state index in [9.17, 15) is 9.90 Å². The maximum atomic E-state index is 12.0. The molecular formula is C12H22N2O2. The number of β-amino-alcohol motifs (C(OH)–C–C–N with tert-alkyl or cyclic N) is 1. The van der Waals surface area contributed by atoms with Crippen molar-refractivity contribution in [1.82, 2.24) is 10.6 Å². The largest absolute Gasteiger partial charge is 0.387 e. The van der Waals surface area contributed by atoms with E-state index >= 15 is 0 Å². The van der Waals surface area contributed by atoms with E-state index in [1.165, 1.54) is 0 Å². The van der Waals surface area contributed by atoms with Gasteiger partial charge in [0.1, 0.15) is 0 Å². The summed E-state index contributed by atoms with van der Waals surface area (Å²) in [5, 5.41) is 16.1. The molecule has 2 fully saturated rings. The van der Waals surface area contributed by atoms with Crippen molar-refractivity contribution in [3.63, 3.8) is 0 Å². The van der Waals surface area contributed by atoms with Gasteiger partial charge in [-0.3, -0.25) is 4.79 Å². The minimum Gasteiger partial charge on any atom is -0.387 e. The Bertz CT molecular complexity index is 266. The molecule has 16 heavy (non-hydrogen) atoms. The summed E-state index contributed by atoms with van der Waals surface area (Å²) in [5.74, 6) is 0.116. The molecule has 2 aliphatic rings. The lowest BCUT2D eigenvalue weighted by atomic mass is 9.87. The first-order chi connectivity index (χ1) is 7.54. The summed E-state index contributed by atoms with van der Waals surface area (Å²) in [6.45, 7) is 3.84. The van der Waals surface area contributed by atoms with Gasteiger partial charge in [-0.25, -0.2) is 0 Å². The Balaban J connectivity index is 1.83. The van der Waals surface area contributed by atoms with Crippen LogP contribution in [0.25, 0.3) is 0 Å². The summed E-state index contributed by atoms with van der Waals surface area (Å²) in [4.78, 5) is 12.0. The normalized spacial score (nSPS) is 32.9. The van der Waals surface area contributed by atoms with Gasteiger partial charge in [-0.15, -0.1) is 0 Å². The van der Waals surface area contributed by atoms with Crippen LogP contribution in [0.4, 0.5) is 0 Å². The smallest absolute Gasteiger partial charge is 0.226 e. The molecule has 1 aliphatic carbocycles. The average Bonchev–Trinajstić information content (AvgIpc) is 2.86. The molecule has 1 saturated carbocycles.